The van der Waals surface area contributed by atoms with Gasteiger partial charge in [-0.05, 0) is 36.8 Å². The number of ketones is 1. The number of ether oxygens (including phenoxy) is 1. The molecule has 7 heteroatoms. The number of carbonyl (C=O) groups is 2. The molecule has 30 heavy (non-hydrogen) atoms. The van der Waals surface area contributed by atoms with Gasteiger partial charge < -0.3 is 14.5 Å². The van der Waals surface area contributed by atoms with Crippen LogP contribution in [0, 0.1) is 0 Å². The zero-order valence-corrected chi connectivity index (χ0v) is 18.4. The molecule has 1 aliphatic heterocycles. The summed E-state index contributed by atoms with van der Waals surface area (Å²) in [5.41, 5.74) is 2.08. The summed E-state index contributed by atoms with van der Waals surface area (Å²) in [7, 11) is 0. The molecule has 2 aromatic carbocycles. The summed E-state index contributed by atoms with van der Waals surface area (Å²) in [5.74, 6) is -0.236. The van der Waals surface area contributed by atoms with Gasteiger partial charge in [-0.25, -0.2) is 0 Å². The molecule has 3 aromatic rings. The maximum atomic E-state index is 13.1. The van der Waals surface area contributed by atoms with Crippen molar-refractivity contribution in [2.24, 2.45) is 0 Å². The van der Waals surface area contributed by atoms with Gasteiger partial charge in [0, 0.05) is 29.9 Å². The molecule has 1 saturated heterocycles. The third kappa shape index (κ3) is 4.19. The first-order valence-corrected chi connectivity index (χ1v) is 10.7. The van der Waals surface area contributed by atoms with Gasteiger partial charge in [0.05, 0.1) is 24.4 Å². The molecule has 2 atom stereocenters. The van der Waals surface area contributed by atoms with Crippen LogP contribution in [0.25, 0.3) is 11.0 Å². The quantitative estimate of drug-likeness (QED) is 0.542. The maximum Gasteiger partial charge on any atom is 0.241 e. The Kier molecular flexibility index (Phi) is 6.04. The number of nitrogens with zero attached hydrogens (tertiary/aromatic N) is 1. The molecule has 156 valence electrons. The molecule has 1 N–H and O–H groups in total. The van der Waals surface area contributed by atoms with Crippen LogP contribution in [0.1, 0.15) is 36.1 Å². The Hall–Kier alpha value is -2.48. The van der Waals surface area contributed by atoms with Gasteiger partial charge >= 0.3 is 0 Å². The van der Waals surface area contributed by atoms with E-state index < -0.39 is 6.04 Å². The zero-order valence-electron chi connectivity index (χ0n) is 16.9. The van der Waals surface area contributed by atoms with E-state index in [9.17, 15) is 9.59 Å². The first-order valence-electron chi connectivity index (χ1n) is 9.88. The molecule has 2 heterocycles. The van der Waals surface area contributed by atoms with Gasteiger partial charge in [-0.3, -0.25) is 14.5 Å². The Bertz CT molecular complexity index is 1090. The van der Waals surface area contributed by atoms with Gasteiger partial charge in [0.25, 0.3) is 0 Å². The first-order chi connectivity index (χ1) is 14.4. The molecule has 0 spiro atoms. The number of halogens is 1. The molecule has 0 aliphatic carbocycles. The SMILES string of the molecule is CC(=O)c1oc2ccccc2c1NC(=O)[C@H](C)N1CCO[C@H](c2cccc(Br)c2)C1. The van der Waals surface area contributed by atoms with Gasteiger partial charge in [0.1, 0.15) is 5.58 Å². The molecule has 1 aromatic heterocycles. The highest BCUT2D eigenvalue weighted by Gasteiger charge is 2.30. The Morgan fingerprint density at radius 1 is 1.20 bits per heavy atom. The number of carbonyl (C=O) groups excluding carboxylic acids is 2. The number of Topliss-reactive ketones (excluding diaryl/α,β-unsaturated/α-hetero) is 1. The molecule has 0 saturated carbocycles. The second kappa shape index (κ2) is 8.71. The van der Waals surface area contributed by atoms with Crippen molar-refractivity contribution in [3.63, 3.8) is 0 Å². The monoisotopic (exact) mass is 470 g/mol. The molecule has 1 aliphatic rings. The lowest BCUT2D eigenvalue weighted by molar-refractivity contribution is -0.124. The number of rotatable bonds is 5. The molecule has 0 unspecified atom stereocenters. The van der Waals surface area contributed by atoms with Crippen molar-refractivity contribution in [2.75, 3.05) is 25.0 Å². The number of hydrogen-bond donors (Lipinski definition) is 1. The lowest BCUT2D eigenvalue weighted by atomic mass is 10.1. The highest BCUT2D eigenvalue weighted by atomic mass is 79.9. The summed E-state index contributed by atoms with van der Waals surface area (Å²) in [6.07, 6.45) is -0.103. The predicted molar refractivity (Wildman–Crippen MR) is 119 cm³/mol. The van der Waals surface area contributed by atoms with E-state index in [0.29, 0.717) is 31.0 Å². The number of morpholine rings is 1. The van der Waals surface area contributed by atoms with Crippen LogP contribution in [0.4, 0.5) is 5.69 Å². The standard InChI is InChI=1S/C23H23BrN2O4/c1-14(26-10-11-29-20(13-26)16-6-5-7-17(24)12-16)23(28)25-21-18-8-3-4-9-19(18)30-22(21)15(2)27/h3-9,12,14,20H,10-11,13H2,1-2H3,(H,25,28)/t14-,20-/m0/s1. The molecule has 4 rings (SSSR count). The average Bonchev–Trinajstić information content (AvgIpc) is 3.12. The Morgan fingerprint density at radius 3 is 2.77 bits per heavy atom. The fourth-order valence-corrected chi connectivity index (χ4v) is 4.16. The summed E-state index contributed by atoms with van der Waals surface area (Å²) < 4.78 is 12.6. The third-order valence-electron chi connectivity index (χ3n) is 5.41. The lowest BCUT2D eigenvalue weighted by Gasteiger charge is -2.36. The Morgan fingerprint density at radius 2 is 2.00 bits per heavy atom. The number of hydrogen-bond acceptors (Lipinski definition) is 5. The summed E-state index contributed by atoms with van der Waals surface area (Å²) in [6.45, 7) is 5.11. The number of amides is 1. The number of anilines is 1. The Labute approximate surface area is 183 Å². The molecule has 0 bridgehead atoms. The topological polar surface area (TPSA) is 71.8 Å². The number of fused-ring (bicyclic) bond motifs is 1. The van der Waals surface area contributed by atoms with E-state index in [-0.39, 0.29) is 23.6 Å². The van der Waals surface area contributed by atoms with Crippen LogP contribution >= 0.6 is 15.9 Å². The van der Waals surface area contributed by atoms with E-state index in [1.54, 1.807) is 6.07 Å². The molecular formula is C23H23BrN2O4. The van der Waals surface area contributed by atoms with Gasteiger partial charge in [-0.2, -0.15) is 0 Å². The van der Waals surface area contributed by atoms with Gasteiger partial charge in [-0.1, -0.05) is 40.2 Å². The minimum Gasteiger partial charge on any atom is -0.451 e. The van der Waals surface area contributed by atoms with Gasteiger partial charge in [0.2, 0.25) is 5.91 Å². The van der Waals surface area contributed by atoms with E-state index >= 15 is 0 Å². The second-order valence-corrected chi connectivity index (χ2v) is 8.35. The largest absolute Gasteiger partial charge is 0.451 e. The molecule has 1 amide bonds. The van der Waals surface area contributed by atoms with E-state index in [4.69, 9.17) is 9.15 Å². The van der Waals surface area contributed by atoms with Crippen molar-refractivity contribution in [1.29, 1.82) is 0 Å². The van der Waals surface area contributed by atoms with Crippen molar-refractivity contribution < 1.29 is 18.7 Å². The molecule has 6 nitrogen and oxygen atoms in total. The van der Waals surface area contributed by atoms with Crippen LogP contribution in [-0.2, 0) is 9.53 Å². The normalized spacial score (nSPS) is 18.3. The number of benzene rings is 2. The van der Waals surface area contributed by atoms with Crippen molar-refractivity contribution in [3.05, 3.63) is 64.3 Å². The van der Waals surface area contributed by atoms with E-state index in [2.05, 4.69) is 26.1 Å². The number of nitrogens with one attached hydrogen (secondary N) is 1. The average molecular weight is 471 g/mol. The summed E-state index contributed by atoms with van der Waals surface area (Å²) in [5, 5.41) is 3.65. The van der Waals surface area contributed by atoms with Crippen LogP contribution in [0.5, 0.6) is 0 Å². The second-order valence-electron chi connectivity index (χ2n) is 7.43. The maximum absolute atomic E-state index is 13.1. The van der Waals surface area contributed by atoms with Crippen molar-refractivity contribution in [2.45, 2.75) is 26.0 Å². The highest BCUT2D eigenvalue weighted by Crippen LogP contribution is 2.32. The van der Waals surface area contributed by atoms with E-state index in [1.807, 2.05) is 49.4 Å². The van der Waals surface area contributed by atoms with Crippen LogP contribution in [0.3, 0.4) is 0 Å². The summed E-state index contributed by atoms with van der Waals surface area (Å²) in [6, 6.07) is 14.9. The van der Waals surface area contributed by atoms with Gasteiger partial charge in [0.15, 0.2) is 11.5 Å². The predicted octanol–water partition coefficient (Wildman–Crippen LogP) is 4.80. The minimum absolute atomic E-state index is 0.103. The van der Waals surface area contributed by atoms with Crippen molar-refractivity contribution in [3.8, 4) is 0 Å². The minimum atomic E-state index is -0.392. The van der Waals surface area contributed by atoms with E-state index in [0.717, 1.165) is 15.4 Å². The molecule has 0 radical (unpaired) electrons. The van der Waals surface area contributed by atoms with Gasteiger partial charge in [-0.15, -0.1) is 0 Å². The molecular weight excluding hydrogens is 448 g/mol. The fourth-order valence-electron chi connectivity index (χ4n) is 3.74. The number of para-hydroxylation sites is 1. The van der Waals surface area contributed by atoms with Crippen molar-refractivity contribution in [1.82, 2.24) is 4.90 Å². The summed E-state index contributed by atoms with van der Waals surface area (Å²) in [4.78, 5) is 27.2. The fraction of sp³-hybridized carbons (Fsp3) is 0.304. The first kappa shape index (κ1) is 20.8. The molecule has 1 fully saturated rings. The number of furan rings is 1. The Balaban J connectivity index is 1.52. The zero-order chi connectivity index (χ0) is 21.3. The van der Waals surface area contributed by atoms with Crippen molar-refractivity contribution >= 4 is 44.3 Å². The summed E-state index contributed by atoms with van der Waals surface area (Å²) >= 11 is 3.50. The lowest BCUT2D eigenvalue weighted by Crippen LogP contribution is -2.48. The highest BCUT2D eigenvalue weighted by molar-refractivity contribution is 9.10. The van der Waals surface area contributed by atoms with Crippen LogP contribution < -0.4 is 5.32 Å². The van der Waals surface area contributed by atoms with E-state index in [1.165, 1.54) is 6.92 Å². The smallest absolute Gasteiger partial charge is 0.241 e. The third-order valence-corrected chi connectivity index (χ3v) is 5.90. The van der Waals surface area contributed by atoms with Crippen LogP contribution in [0.2, 0.25) is 0 Å². The van der Waals surface area contributed by atoms with Crippen LogP contribution in [-0.4, -0.2) is 42.3 Å². The van der Waals surface area contributed by atoms with Crippen LogP contribution in [0.15, 0.2) is 57.4 Å².